The number of nitrogens with one attached hydrogen (secondary N) is 1. The molecule has 2 unspecified atom stereocenters. The third-order valence-electron chi connectivity index (χ3n) is 4.85. The van der Waals surface area contributed by atoms with Crippen LogP contribution in [0.25, 0.3) is 0 Å². The highest BCUT2D eigenvalue weighted by atomic mass is 35.5. The Morgan fingerprint density at radius 3 is 2.37 bits per heavy atom. The van der Waals surface area contributed by atoms with E-state index in [1.807, 2.05) is 60.7 Å². The van der Waals surface area contributed by atoms with Crippen molar-refractivity contribution in [1.82, 2.24) is 10.2 Å². The molecule has 4 rings (SSSR count). The standard InChI is InChI=1S/C22H19ClN2O4S/c23-16-13-30-21-18(24-17(26)11-14-7-3-1-4-8-14)20(27)25(21)19(16)22(28)29-12-15-9-5-2-6-10-15/h1-10,18,21H,11-13H2,(H,24,26). The molecule has 2 heterocycles. The maximum Gasteiger partial charge on any atom is 0.356 e. The molecule has 2 atom stereocenters. The van der Waals surface area contributed by atoms with Crippen LogP contribution in [0.3, 0.4) is 0 Å². The molecule has 2 aliphatic heterocycles. The van der Waals surface area contributed by atoms with Crippen molar-refractivity contribution < 1.29 is 19.1 Å². The molecule has 2 aromatic rings. The van der Waals surface area contributed by atoms with Crippen LogP contribution in [-0.2, 0) is 32.1 Å². The lowest BCUT2D eigenvalue weighted by molar-refractivity contribution is -0.153. The highest BCUT2D eigenvalue weighted by Crippen LogP contribution is 2.41. The minimum Gasteiger partial charge on any atom is -0.456 e. The number of carbonyl (C=O) groups excluding carboxylic acids is 3. The predicted molar refractivity (Wildman–Crippen MR) is 114 cm³/mol. The normalized spacial score (nSPS) is 20.3. The number of thioether (sulfide) groups is 1. The largest absolute Gasteiger partial charge is 0.456 e. The number of hydrogen-bond donors (Lipinski definition) is 1. The number of β-lactam (4-membered cyclic amide) rings is 1. The van der Waals surface area contributed by atoms with Gasteiger partial charge in [-0.2, -0.15) is 0 Å². The van der Waals surface area contributed by atoms with Crippen molar-refractivity contribution in [2.45, 2.75) is 24.4 Å². The van der Waals surface area contributed by atoms with Crippen molar-refractivity contribution >= 4 is 41.1 Å². The lowest BCUT2D eigenvalue weighted by atomic mass is 10.0. The Morgan fingerprint density at radius 2 is 1.70 bits per heavy atom. The van der Waals surface area contributed by atoms with Gasteiger partial charge < -0.3 is 10.1 Å². The van der Waals surface area contributed by atoms with Gasteiger partial charge in [-0.1, -0.05) is 72.3 Å². The zero-order chi connectivity index (χ0) is 21.1. The van der Waals surface area contributed by atoms with Crippen LogP contribution in [0.2, 0.25) is 0 Å². The van der Waals surface area contributed by atoms with Gasteiger partial charge in [0.15, 0.2) is 0 Å². The molecular weight excluding hydrogens is 424 g/mol. The number of carbonyl (C=O) groups is 3. The number of amides is 2. The maximum atomic E-state index is 12.7. The fourth-order valence-corrected chi connectivity index (χ4v) is 4.92. The maximum absolute atomic E-state index is 12.7. The van der Waals surface area contributed by atoms with E-state index in [1.165, 1.54) is 16.7 Å². The Labute approximate surface area is 183 Å². The third kappa shape index (κ3) is 4.22. The van der Waals surface area contributed by atoms with Gasteiger partial charge in [-0.25, -0.2) is 4.79 Å². The van der Waals surface area contributed by atoms with Gasteiger partial charge in [-0.3, -0.25) is 14.5 Å². The summed E-state index contributed by atoms with van der Waals surface area (Å²) < 4.78 is 5.36. The molecule has 2 aliphatic rings. The first-order chi connectivity index (χ1) is 14.5. The third-order valence-corrected chi connectivity index (χ3v) is 6.60. The number of esters is 1. The van der Waals surface area contributed by atoms with E-state index in [4.69, 9.17) is 16.3 Å². The molecule has 0 bridgehead atoms. The fourth-order valence-electron chi connectivity index (χ4n) is 3.37. The minimum absolute atomic E-state index is 0.0647. The van der Waals surface area contributed by atoms with Crippen LogP contribution in [0.1, 0.15) is 11.1 Å². The Balaban J connectivity index is 1.39. The predicted octanol–water partition coefficient (Wildman–Crippen LogP) is 2.82. The highest BCUT2D eigenvalue weighted by Gasteiger charge is 2.54. The summed E-state index contributed by atoms with van der Waals surface area (Å²) in [5.74, 6) is -0.875. The van der Waals surface area contributed by atoms with E-state index >= 15 is 0 Å². The van der Waals surface area contributed by atoms with Crippen molar-refractivity contribution in [2.24, 2.45) is 0 Å². The summed E-state index contributed by atoms with van der Waals surface area (Å²) in [4.78, 5) is 39.0. The van der Waals surface area contributed by atoms with Crippen LogP contribution in [0.15, 0.2) is 71.4 Å². The van der Waals surface area contributed by atoms with Gasteiger partial charge in [0, 0.05) is 5.75 Å². The van der Waals surface area contributed by atoms with E-state index < -0.39 is 12.0 Å². The molecule has 0 aromatic heterocycles. The Hall–Kier alpha value is -2.77. The van der Waals surface area contributed by atoms with Gasteiger partial charge in [0.05, 0.1) is 11.5 Å². The van der Waals surface area contributed by atoms with Crippen LogP contribution in [0.5, 0.6) is 0 Å². The second-order valence-electron chi connectivity index (χ2n) is 6.93. The van der Waals surface area contributed by atoms with Gasteiger partial charge in [0.1, 0.15) is 23.7 Å². The molecule has 0 aliphatic carbocycles. The number of ether oxygens (including phenoxy) is 1. The van der Waals surface area contributed by atoms with Crippen molar-refractivity contribution in [2.75, 3.05) is 5.75 Å². The van der Waals surface area contributed by atoms with E-state index in [2.05, 4.69) is 5.32 Å². The molecular formula is C22H19ClN2O4S. The number of nitrogens with zero attached hydrogens (tertiary/aromatic N) is 1. The number of benzene rings is 2. The minimum atomic E-state index is -0.687. The second-order valence-corrected chi connectivity index (χ2v) is 8.49. The van der Waals surface area contributed by atoms with Crippen molar-refractivity contribution in [1.29, 1.82) is 0 Å². The molecule has 0 saturated carbocycles. The van der Waals surface area contributed by atoms with Crippen molar-refractivity contribution in [3.8, 4) is 0 Å². The molecule has 2 amide bonds. The number of hydrogen-bond acceptors (Lipinski definition) is 5. The molecule has 1 fully saturated rings. The Bertz CT molecular complexity index is 997. The zero-order valence-electron chi connectivity index (χ0n) is 15.9. The smallest absolute Gasteiger partial charge is 0.356 e. The van der Waals surface area contributed by atoms with Gasteiger partial charge in [-0.15, -0.1) is 11.8 Å². The van der Waals surface area contributed by atoms with Crippen LogP contribution < -0.4 is 5.32 Å². The zero-order valence-corrected chi connectivity index (χ0v) is 17.5. The molecule has 154 valence electrons. The van der Waals surface area contributed by atoms with Crippen molar-refractivity contribution in [3.63, 3.8) is 0 Å². The van der Waals surface area contributed by atoms with E-state index in [9.17, 15) is 14.4 Å². The van der Waals surface area contributed by atoms with E-state index in [-0.39, 0.29) is 40.9 Å². The van der Waals surface area contributed by atoms with Crippen LogP contribution >= 0.6 is 23.4 Å². The van der Waals surface area contributed by atoms with Gasteiger partial charge in [0.2, 0.25) is 5.91 Å². The van der Waals surface area contributed by atoms with E-state index in [1.54, 1.807) is 0 Å². The number of halogens is 1. The summed E-state index contributed by atoms with van der Waals surface area (Å²) in [6, 6.07) is 17.9. The summed E-state index contributed by atoms with van der Waals surface area (Å²) in [5, 5.41) is 2.68. The van der Waals surface area contributed by atoms with Crippen LogP contribution in [0, 0.1) is 0 Å². The molecule has 30 heavy (non-hydrogen) atoms. The van der Waals surface area contributed by atoms with Gasteiger partial charge in [-0.05, 0) is 11.1 Å². The molecule has 0 spiro atoms. The summed E-state index contributed by atoms with van der Waals surface area (Å²) in [5.41, 5.74) is 1.77. The SMILES string of the molecule is O=C(Cc1ccccc1)NC1C(=O)N2C(C(=O)OCc3ccccc3)=C(Cl)CSC12. The average molecular weight is 443 g/mol. The topological polar surface area (TPSA) is 75.7 Å². The van der Waals surface area contributed by atoms with E-state index in [0.717, 1.165) is 11.1 Å². The molecule has 0 radical (unpaired) electrons. The van der Waals surface area contributed by atoms with Gasteiger partial charge >= 0.3 is 5.97 Å². The molecule has 1 saturated heterocycles. The molecule has 8 heteroatoms. The lowest BCUT2D eigenvalue weighted by Gasteiger charge is -2.49. The monoisotopic (exact) mass is 442 g/mol. The Kier molecular flexibility index (Phi) is 6.11. The first kappa shape index (κ1) is 20.5. The highest BCUT2D eigenvalue weighted by molar-refractivity contribution is 8.00. The first-order valence-electron chi connectivity index (χ1n) is 9.42. The summed E-state index contributed by atoms with van der Waals surface area (Å²) in [6.07, 6.45) is 0.185. The van der Waals surface area contributed by atoms with Crippen LogP contribution in [0.4, 0.5) is 0 Å². The van der Waals surface area contributed by atoms with Gasteiger partial charge in [0.25, 0.3) is 5.91 Å². The molecule has 2 aromatic carbocycles. The first-order valence-corrected chi connectivity index (χ1v) is 10.8. The van der Waals surface area contributed by atoms with Crippen molar-refractivity contribution in [3.05, 3.63) is 82.5 Å². The fraction of sp³-hybridized carbons (Fsp3) is 0.227. The van der Waals surface area contributed by atoms with Crippen LogP contribution in [-0.4, -0.2) is 39.9 Å². The summed E-state index contributed by atoms with van der Waals surface area (Å²) in [6.45, 7) is 0.0877. The number of fused-ring (bicyclic) bond motifs is 1. The van der Waals surface area contributed by atoms with E-state index in [0.29, 0.717) is 5.75 Å². The number of rotatable bonds is 6. The Morgan fingerprint density at radius 1 is 1.07 bits per heavy atom. The summed E-state index contributed by atoms with van der Waals surface area (Å²) >= 11 is 7.67. The lowest BCUT2D eigenvalue weighted by Crippen LogP contribution is -2.70. The molecule has 6 nitrogen and oxygen atoms in total. The quantitative estimate of drug-likeness (QED) is 0.550. The summed E-state index contributed by atoms with van der Waals surface area (Å²) in [7, 11) is 0. The average Bonchev–Trinajstić information content (AvgIpc) is 2.77. The second kappa shape index (κ2) is 8.93. The molecule has 1 N–H and O–H groups in total.